The van der Waals surface area contributed by atoms with Gasteiger partial charge in [0.25, 0.3) is 0 Å². The molecule has 1 aromatic carbocycles. The highest BCUT2D eigenvalue weighted by Gasteiger charge is 2.17. The van der Waals surface area contributed by atoms with Crippen molar-refractivity contribution in [2.75, 3.05) is 0 Å². The lowest BCUT2D eigenvalue weighted by Gasteiger charge is -2.11. The zero-order chi connectivity index (χ0) is 19.3. The van der Waals surface area contributed by atoms with Crippen LogP contribution in [0.25, 0.3) is 0 Å². The summed E-state index contributed by atoms with van der Waals surface area (Å²) in [4.78, 5) is 39.3. The molecule has 0 aliphatic carbocycles. The van der Waals surface area contributed by atoms with Crippen LogP contribution in [0, 0.1) is 0 Å². The van der Waals surface area contributed by atoms with Crippen LogP contribution in [0.15, 0.2) is 24.3 Å². The summed E-state index contributed by atoms with van der Waals surface area (Å²) in [6.45, 7) is 2.21. The monoisotopic (exact) mass is 398 g/mol. The molecule has 8 nitrogen and oxygen atoms in total. The molecule has 0 amide bonds. The first kappa shape index (κ1) is 24.3. The molecule has 0 saturated heterocycles. The summed E-state index contributed by atoms with van der Waals surface area (Å²) >= 11 is 0. The molecule has 1 rings (SSSR count). The Labute approximate surface area is 148 Å². The molecule has 25 heavy (non-hydrogen) atoms. The van der Waals surface area contributed by atoms with Crippen molar-refractivity contribution in [2.24, 2.45) is 0 Å². The van der Waals surface area contributed by atoms with E-state index >= 15 is 0 Å². The van der Waals surface area contributed by atoms with Gasteiger partial charge in [0.05, 0.1) is 0 Å². The number of rotatable bonds is 10. The Morgan fingerprint density at radius 3 is 1.84 bits per heavy atom. The number of para-hydroxylation sites is 1. The summed E-state index contributed by atoms with van der Waals surface area (Å²) in [6, 6.07) is 7.06. The van der Waals surface area contributed by atoms with E-state index in [1.807, 2.05) is 12.1 Å². The zero-order valence-corrected chi connectivity index (χ0v) is 16.1. The third-order valence-electron chi connectivity index (χ3n) is 3.24. The lowest BCUT2D eigenvalue weighted by atomic mass is 10.0. The molecule has 0 radical (unpaired) electrons. The molecular formula is C15H28O8P2. The predicted molar refractivity (Wildman–Crippen MR) is 95.1 cm³/mol. The van der Waals surface area contributed by atoms with Gasteiger partial charge in [0.15, 0.2) is 0 Å². The summed E-state index contributed by atoms with van der Waals surface area (Å²) in [5, 5.41) is 0. The molecule has 146 valence electrons. The highest BCUT2D eigenvalue weighted by atomic mass is 31.2. The van der Waals surface area contributed by atoms with Crippen LogP contribution in [-0.2, 0) is 15.6 Å². The van der Waals surface area contributed by atoms with Gasteiger partial charge in [-0.05, 0) is 24.5 Å². The topological polar surface area (TPSA) is 145 Å². The third-order valence-corrected chi connectivity index (χ3v) is 3.67. The molecule has 5 N–H and O–H groups in total. The van der Waals surface area contributed by atoms with Gasteiger partial charge in [-0.1, -0.05) is 63.6 Å². The van der Waals surface area contributed by atoms with E-state index in [1.165, 1.54) is 32.1 Å². The maximum absolute atomic E-state index is 10.9. The Balaban J connectivity index is 0.00000101. The van der Waals surface area contributed by atoms with Gasteiger partial charge in [-0.15, -0.1) is 0 Å². The largest absolute Gasteiger partial charge is 0.524 e. The van der Waals surface area contributed by atoms with Crippen LogP contribution in [0.2, 0.25) is 0 Å². The first-order valence-electron chi connectivity index (χ1n) is 8.14. The van der Waals surface area contributed by atoms with Crippen molar-refractivity contribution in [1.29, 1.82) is 0 Å². The lowest BCUT2D eigenvalue weighted by molar-refractivity contribution is 0.274. The van der Waals surface area contributed by atoms with Gasteiger partial charge in [-0.3, -0.25) is 9.79 Å². The molecule has 0 aliphatic heterocycles. The zero-order valence-electron chi connectivity index (χ0n) is 14.3. The first-order chi connectivity index (χ1) is 11.5. The highest BCUT2D eigenvalue weighted by molar-refractivity contribution is 7.46. The number of unbranched alkanes of at least 4 members (excludes halogenated alkanes) is 6. The first-order valence-corrected chi connectivity index (χ1v) is 11.2. The van der Waals surface area contributed by atoms with Gasteiger partial charge in [0, 0.05) is 0 Å². The predicted octanol–water partition coefficient (Wildman–Crippen LogP) is 3.52. The summed E-state index contributed by atoms with van der Waals surface area (Å²) < 4.78 is 24.5. The minimum atomic E-state index is -4.64. The fourth-order valence-corrected chi connectivity index (χ4v) is 2.63. The van der Waals surface area contributed by atoms with Crippen molar-refractivity contribution in [2.45, 2.75) is 58.3 Å². The van der Waals surface area contributed by atoms with Crippen LogP contribution >= 0.6 is 15.6 Å². The quantitative estimate of drug-likeness (QED) is 0.297. The maximum atomic E-state index is 10.9. The van der Waals surface area contributed by atoms with E-state index in [0.717, 1.165) is 24.8 Å². The van der Waals surface area contributed by atoms with Crippen molar-refractivity contribution in [3.8, 4) is 5.75 Å². The van der Waals surface area contributed by atoms with Gasteiger partial charge in [-0.25, -0.2) is 9.13 Å². The Morgan fingerprint density at radius 1 is 0.840 bits per heavy atom. The average Bonchev–Trinajstić information content (AvgIpc) is 2.44. The minimum Gasteiger partial charge on any atom is -0.404 e. The molecular weight excluding hydrogens is 370 g/mol. The van der Waals surface area contributed by atoms with Crippen LogP contribution in [-0.4, -0.2) is 24.5 Å². The molecule has 0 atom stereocenters. The highest BCUT2D eigenvalue weighted by Crippen LogP contribution is 2.39. The Hall–Kier alpha value is -0.720. The second-order valence-electron chi connectivity index (χ2n) is 5.57. The third kappa shape index (κ3) is 17.9. The van der Waals surface area contributed by atoms with Crippen LogP contribution in [0.5, 0.6) is 5.75 Å². The van der Waals surface area contributed by atoms with E-state index in [4.69, 9.17) is 33.6 Å². The summed E-state index contributed by atoms with van der Waals surface area (Å²) in [7, 11) is -9.11. The Morgan fingerprint density at radius 2 is 1.32 bits per heavy atom. The number of phosphoric acid groups is 2. The summed E-state index contributed by atoms with van der Waals surface area (Å²) in [6.07, 6.45) is 9.32. The van der Waals surface area contributed by atoms with Crippen LogP contribution in [0.1, 0.15) is 57.4 Å². The van der Waals surface area contributed by atoms with Gasteiger partial charge in [0.1, 0.15) is 5.75 Å². The summed E-state index contributed by atoms with van der Waals surface area (Å²) in [5.41, 5.74) is 0.865. The normalized spacial score (nSPS) is 11.6. The molecule has 0 aromatic heterocycles. The SMILES string of the molecule is CCCCCCCCCc1ccccc1OP(=O)(O)O.O=P(O)(O)O. The number of hydrogen-bond donors (Lipinski definition) is 5. The molecule has 10 heteroatoms. The van der Waals surface area contributed by atoms with Gasteiger partial charge in [-0.2, -0.15) is 0 Å². The van der Waals surface area contributed by atoms with Crippen LogP contribution in [0.4, 0.5) is 0 Å². The van der Waals surface area contributed by atoms with Gasteiger partial charge < -0.3 is 19.2 Å². The smallest absolute Gasteiger partial charge is 0.404 e. The number of hydrogen-bond acceptors (Lipinski definition) is 3. The van der Waals surface area contributed by atoms with E-state index < -0.39 is 15.6 Å². The molecule has 0 spiro atoms. The molecule has 0 fully saturated rings. The fraction of sp³-hybridized carbons (Fsp3) is 0.600. The van der Waals surface area contributed by atoms with E-state index in [0.29, 0.717) is 5.75 Å². The lowest BCUT2D eigenvalue weighted by Crippen LogP contribution is -1.95. The number of phosphoric ester groups is 1. The number of aryl methyl sites for hydroxylation is 1. The van der Waals surface area contributed by atoms with Crippen molar-refractivity contribution < 1.29 is 38.1 Å². The van der Waals surface area contributed by atoms with Crippen molar-refractivity contribution in [3.63, 3.8) is 0 Å². The standard InChI is InChI=1S/C15H25O4P.H3O4P/c1-2-3-4-5-6-7-8-11-14-12-9-10-13-15(14)19-20(16,17)18;1-5(2,3)4/h9-10,12-13H,2-8,11H2,1H3,(H2,16,17,18);(H3,1,2,3,4). The summed E-state index contributed by atoms with van der Waals surface area (Å²) in [5.74, 6) is 0.298. The van der Waals surface area contributed by atoms with E-state index in [9.17, 15) is 4.57 Å². The maximum Gasteiger partial charge on any atom is 0.524 e. The van der Waals surface area contributed by atoms with Crippen LogP contribution < -0.4 is 4.52 Å². The van der Waals surface area contributed by atoms with Crippen LogP contribution in [0.3, 0.4) is 0 Å². The Kier molecular flexibility index (Phi) is 12.2. The Bertz CT molecular complexity index is 558. The van der Waals surface area contributed by atoms with Crippen molar-refractivity contribution in [1.82, 2.24) is 0 Å². The van der Waals surface area contributed by atoms with Crippen molar-refractivity contribution in [3.05, 3.63) is 29.8 Å². The van der Waals surface area contributed by atoms with Gasteiger partial charge >= 0.3 is 15.6 Å². The molecule has 1 aromatic rings. The van der Waals surface area contributed by atoms with Crippen molar-refractivity contribution >= 4 is 15.6 Å². The van der Waals surface area contributed by atoms with Gasteiger partial charge in [0.2, 0.25) is 0 Å². The second-order valence-corrected chi connectivity index (χ2v) is 7.76. The molecule has 0 unspecified atom stereocenters. The molecule has 0 aliphatic rings. The fourth-order valence-electron chi connectivity index (χ4n) is 2.20. The van der Waals surface area contributed by atoms with E-state index in [-0.39, 0.29) is 0 Å². The number of benzene rings is 1. The average molecular weight is 398 g/mol. The molecule has 0 heterocycles. The second kappa shape index (κ2) is 12.6. The van der Waals surface area contributed by atoms with E-state index in [1.54, 1.807) is 12.1 Å². The van der Waals surface area contributed by atoms with E-state index in [2.05, 4.69) is 6.92 Å². The molecule has 0 bridgehead atoms. The minimum absolute atomic E-state index is 0.298. The molecule has 0 saturated carbocycles.